The highest BCUT2D eigenvalue weighted by molar-refractivity contribution is 5.95. The molecular weight excluding hydrogens is 310 g/mol. The lowest BCUT2D eigenvalue weighted by molar-refractivity contribution is -0.137. The molecule has 2 nitrogen and oxygen atoms in total. The molecule has 2 unspecified atom stereocenters. The number of hydrogen-bond acceptors (Lipinski definition) is 1. The van der Waals surface area contributed by atoms with Crippen molar-refractivity contribution < 1.29 is 22.4 Å². The summed E-state index contributed by atoms with van der Waals surface area (Å²) in [6.45, 7) is 0. The predicted octanol–water partition coefficient (Wildman–Crippen LogP) is 4.59. The molecule has 0 radical (unpaired) electrons. The van der Waals surface area contributed by atoms with E-state index in [0.29, 0.717) is 12.1 Å². The summed E-state index contributed by atoms with van der Waals surface area (Å²) >= 11 is 0. The minimum atomic E-state index is -4.40. The average molecular weight is 323 g/mol. The van der Waals surface area contributed by atoms with Crippen LogP contribution in [-0.4, -0.2) is 5.91 Å². The SMILES string of the molecule is O=C(Nc1ccc(C(F)(F)F)cc1)C1CC1c1ccc(F)cc1. The van der Waals surface area contributed by atoms with Gasteiger partial charge in [0.1, 0.15) is 5.82 Å². The van der Waals surface area contributed by atoms with E-state index in [9.17, 15) is 22.4 Å². The minimum Gasteiger partial charge on any atom is -0.326 e. The van der Waals surface area contributed by atoms with Crippen LogP contribution in [0.4, 0.5) is 23.2 Å². The number of amides is 1. The summed E-state index contributed by atoms with van der Waals surface area (Å²) in [6.07, 6.45) is -3.75. The zero-order valence-corrected chi connectivity index (χ0v) is 11.9. The molecule has 0 bridgehead atoms. The van der Waals surface area contributed by atoms with Crippen molar-refractivity contribution in [1.29, 1.82) is 0 Å². The Hall–Kier alpha value is -2.37. The zero-order valence-electron chi connectivity index (χ0n) is 11.9. The van der Waals surface area contributed by atoms with E-state index in [1.54, 1.807) is 12.1 Å². The van der Waals surface area contributed by atoms with E-state index in [0.717, 1.165) is 17.7 Å². The van der Waals surface area contributed by atoms with E-state index in [4.69, 9.17) is 0 Å². The van der Waals surface area contributed by atoms with Crippen LogP contribution >= 0.6 is 0 Å². The maximum atomic E-state index is 12.9. The Labute approximate surface area is 130 Å². The first-order chi connectivity index (χ1) is 10.8. The Morgan fingerprint density at radius 2 is 1.61 bits per heavy atom. The lowest BCUT2D eigenvalue weighted by Gasteiger charge is -2.09. The van der Waals surface area contributed by atoms with Crippen molar-refractivity contribution in [3.63, 3.8) is 0 Å². The summed E-state index contributed by atoms with van der Waals surface area (Å²) in [5.41, 5.74) is 0.456. The molecule has 0 aromatic heterocycles. The Kier molecular flexibility index (Phi) is 3.83. The Morgan fingerprint density at radius 3 is 2.17 bits per heavy atom. The molecule has 23 heavy (non-hydrogen) atoms. The van der Waals surface area contributed by atoms with E-state index in [1.807, 2.05) is 0 Å². The second-order valence-corrected chi connectivity index (χ2v) is 5.56. The van der Waals surface area contributed by atoms with Gasteiger partial charge in [-0.15, -0.1) is 0 Å². The lowest BCUT2D eigenvalue weighted by Crippen LogP contribution is -2.15. The largest absolute Gasteiger partial charge is 0.416 e. The molecule has 0 spiro atoms. The first-order valence-electron chi connectivity index (χ1n) is 7.08. The maximum absolute atomic E-state index is 12.9. The summed E-state index contributed by atoms with van der Waals surface area (Å²) in [5.74, 6) is -0.771. The summed E-state index contributed by atoms with van der Waals surface area (Å²) in [4.78, 5) is 12.1. The summed E-state index contributed by atoms with van der Waals surface area (Å²) in [6, 6.07) is 10.3. The van der Waals surface area contributed by atoms with Gasteiger partial charge in [-0.25, -0.2) is 4.39 Å². The average Bonchev–Trinajstić information content (AvgIpc) is 3.28. The van der Waals surface area contributed by atoms with Crippen molar-refractivity contribution in [3.05, 3.63) is 65.5 Å². The third-order valence-electron chi connectivity index (χ3n) is 3.91. The lowest BCUT2D eigenvalue weighted by atomic mass is 10.1. The third-order valence-corrected chi connectivity index (χ3v) is 3.91. The molecule has 1 aliphatic rings. The molecule has 6 heteroatoms. The van der Waals surface area contributed by atoms with Crippen LogP contribution in [0.5, 0.6) is 0 Å². The molecule has 2 aromatic rings. The van der Waals surface area contributed by atoms with Crippen LogP contribution in [0.25, 0.3) is 0 Å². The monoisotopic (exact) mass is 323 g/mol. The molecule has 120 valence electrons. The van der Waals surface area contributed by atoms with Gasteiger partial charge in [0.25, 0.3) is 0 Å². The number of benzene rings is 2. The normalized spacial score (nSPS) is 20.2. The van der Waals surface area contributed by atoms with Gasteiger partial charge in [-0.05, 0) is 54.3 Å². The quantitative estimate of drug-likeness (QED) is 0.823. The van der Waals surface area contributed by atoms with Crippen LogP contribution in [0, 0.1) is 11.7 Å². The van der Waals surface area contributed by atoms with Crippen LogP contribution in [0.3, 0.4) is 0 Å². The topological polar surface area (TPSA) is 29.1 Å². The Bertz CT molecular complexity index is 707. The molecule has 3 rings (SSSR count). The number of hydrogen-bond donors (Lipinski definition) is 1. The van der Waals surface area contributed by atoms with Crippen molar-refractivity contribution >= 4 is 11.6 Å². The standard InChI is InChI=1S/C17H13F4NO/c18-12-5-1-10(2-6-12)14-9-15(14)16(23)22-13-7-3-11(4-8-13)17(19,20)21/h1-8,14-15H,9H2,(H,22,23). The van der Waals surface area contributed by atoms with Gasteiger partial charge in [-0.1, -0.05) is 12.1 Å². The highest BCUT2D eigenvalue weighted by atomic mass is 19.4. The fourth-order valence-electron chi connectivity index (χ4n) is 2.54. The van der Waals surface area contributed by atoms with Crippen LogP contribution in [0.15, 0.2) is 48.5 Å². The molecule has 1 fully saturated rings. The van der Waals surface area contributed by atoms with Gasteiger partial charge >= 0.3 is 6.18 Å². The zero-order chi connectivity index (χ0) is 16.6. The summed E-state index contributed by atoms with van der Waals surface area (Å²) < 4.78 is 50.3. The molecular formula is C17H13F4NO. The summed E-state index contributed by atoms with van der Waals surface area (Å²) in [5, 5.41) is 2.61. The van der Waals surface area contributed by atoms with E-state index >= 15 is 0 Å². The number of carbonyl (C=O) groups is 1. The van der Waals surface area contributed by atoms with Crippen molar-refractivity contribution in [1.82, 2.24) is 0 Å². The van der Waals surface area contributed by atoms with Gasteiger partial charge in [-0.3, -0.25) is 4.79 Å². The fraction of sp³-hybridized carbons (Fsp3) is 0.235. The summed E-state index contributed by atoms with van der Waals surface area (Å²) in [7, 11) is 0. The van der Waals surface area contributed by atoms with Crippen LogP contribution in [0.1, 0.15) is 23.5 Å². The molecule has 1 N–H and O–H groups in total. The van der Waals surface area contributed by atoms with Crippen LogP contribution in [-0.2, 0) is 11.0 Å². The number of anilines is 1. The molecule has 1 amide bonds. The minimum absolute atomic E-state index is 0.0325. The number of carbonyl (C=O) groups excluding carboxylic acids is 1. The second-order valence-electron chi connectivity index (χ2n) is 5.56. The van der Waals surface area contributed by atoms with Gasteiger partial charge in [-0.2, -0.15) is 13.2 Å². The Morgan fingerprint density at radius 1 is 1.00 bits per heavy atom. The van der Waals surface area contributed by atoms with Gasteiger partial charge in [0.15, 0.2) is 0 Å². The molecule has 0 aliphatic heterocycles. The van der Waals surface area contributed by atoms with E-state index in [-0.39, 0.29) is 23.6 Å². The molecule has 2 atom stereocenters. The van der Waals surface area contributed by atoms with Crippen LogP contribution < -0.4 is 5.32 Å². The predicted molar refractivity (Wildman–Crippen MR) is 77.3 cm³/mol. The molecule has 0 saturated heterocycles. The van der Waals surface area contributed by atoms with E-state index < -0.39 is 11.7 Å². The first kappa shape index (κ1) is 15.5. The number of nitrogens with one attached hydrogen (secondary N) is 1. The van der Waals surface area contributed by atoms with Crippen molar-refractivity contribution in [2.24, 2.45) is 5.92 Å². The fourth-order valence-corrected chi connectivity index (χ4v) is 2.54. The van der Waals surface area contributed by atoms with Crippen molar-refractivity contribution in [2.75, 3.05) is 5.32 Å². The van der Waals surface area contributed by atoms with Crippen LogP contribution in [0.2, 0.25) is 0 Å². The van der Waals surface area contributed by atoms with Crippen molar-refractivity contribution in [2.45, 2.75) is 18.5 Å². The van der Waals surface area contributed by atoms with E-state index in [2.05, 4.69) is 5.32 Å². The highest BCUT2D eigenvalue weighted by Gasteiger charge is 2.43. The second kappa shape index (κ2) is 5.68. The van der Waals surface area contributed by atoms with Gasteiger partial charge < -0.3 is 5.32 Å². The number of rotatable bonds is 3. The Balaban J connectivity index is 1.61. The smallest absolute Gasteiger partial charge is 0.326 e. The third kappa shape index (κ3) is 3.52. The highest BCUT2D eigenvalue weighted by Crippen LogP contribution is 2.48. The van der Waals surface area contributed by atoms with E-state index in [1.165, 1.54) is 24.3 Å². The maximum Gasteiger partial charge on any atom is 0.416 e. The molecule has 0 heterocycles. The molecule has 1 saturated carbocycles. The van der Waals surface area contributed by atoms with Gasteiger partial charge in [0.05, 0.1) is 5.56 Å². The number of alkyl halides is 3. The first-order valence-corrected chi connectivity index (χ1v) is 7.08. The molecule has 2 aromatic carbocycles. The van der Waals surface area contributed by atoms with Gasteiger partial charge in [0.2, 0.25) is 5.91 Å². The van der Waals surface area contributed by atoms with Crippen molar-refractivity contribution in [3.8, 4) is 0 Å². The number of halogens is 4. The molecule has 1 aliphatic carbocycles. The van der Waals surface area contributed by atoms with Gasteiger partial charge in [0, 0.05) is 11.6 Å².